The minimum absolute atomic E-state index is 0.117. The third kappa shape index (κ3) is 2.45. The molecule has 0 aromatic heterocycles. The highest BCUT2D eigenvalue weighted by Gasteiger charge is 2.26. The molecule has 0 atom stereocenters. The molecule has 0 fully saturated rings. The molecule has 1 aliphatic heterocycles. The van der Waals surface area contributed by atoms with Crippen molar-refractivity contribution in [2.45, 2.75) is 0 Å². The molecule has 0 saturated carbocycles. The zero-order valence-electron chi connectivity index (χ0n) is 11.3. The second-order valence-corrected chi connectivity index (χ2v) is 5.56. The van der Waals surface area contributed by atoms with Crippen LogP contribution in [0.3, 0.4) is 0 Å². The summed E-state index contributed by atoms with van der Waals surface area (Å²) in [5.41, 5.74) is 0.737. The van der Waals surface area contributed by atoms with Gasteiger partial charge in [0, 0.05) is 5.56 Å². The number of anilines is 1. The lowest BCUT2D eigenvalue weighted by Crippen LogP contribution is -2.33. The maximum absolute atomic E-state index is 14.1. The number of hydrazine groups is 1. The molecule has 0 bridgehead atoms. The van der Waals surface area contributed by atoms with Gasteiger partial charge in [-0.1, -0.05) is 29.3 Å². The number of hydrogen-bond donors (Lipinski definition) is 1. The number of benzene rings is 2. The van der Waals surface area contributed by atoms with Crippen molar-refractivity contribution in [3.8, 4) is 0 Å². The largest absolute Gasteiger partial charge is 0.308 e. The van der Waals surface area contributed by atoms with Gasteiger partial charge in [-0.2, -0.15) is 0 Å². The second kappa shape index (κ2) is 5.83. The molecule has 0 saturated heterocycles. The molecule has 114 valence electrons. The standard InChI is InChI=1S/C15H11Cl2F2N3/c16-8-4-5-11-13(14(8)17)15(21-6-7-22(11)20)12-9(18)2-1-3-10(12)19/h1-5H,6-7,20H2. The van der Waals surface area contributed by atoms with E-state index in [1.165, 1.54) is 23.2 Å². The monoisotopic (exact) mass is 341 g/mol. The van der Waals surface area contributed by atoms with Gasteiger partial charge < -0.3 is 5.01 Å². The first kappa shape index (κ1) is 15.2. The smallest absolute Gasteiger partial charge is 0.135 e. The Balaban J connectivity index is 2.33. The van der Waals surface area contributed by atoms with Gasteiger partial charge in [0.2, 0.25) is 0 Å². The summed E-state index contributed by atoms with van der Waals surface area (Å²) in [7, 11) is 0. The van der Waals surface area contributed by atoms with Crippen LogP contribution >= 0.6 is 23.2 Å². The van der Waals surface area contributed by atoms with Gasteiger partial charge in [-0.15, -0.1) is 0 Å². The van der Waals surface area contributed by atoms with E-state index < -0.39 is 11.6 Å². The Hall–Kier alpha value is -1.69. The van der Waals surface area contributed by atoms with Crippen LogP contribution in [0.1, 0.15) is 11.1 Å². The average Bonchev–Trinajstić information content (AvgIpc) is 2.63. The van der Waals surface area contributed by atoms with E-state index in [0.29, 0.717) is 17.8 Å². The number of rotatable bonds is 1. The molecule has 2 N–H and O–H groups in total. The van der Waals surface area contributed by atoms with Crippen LogP contribution in [0.25, 0.3) is 0 Å². The number of benzodiazepines with no additional fused rings is 1. The van der Waals surface area contributed by atoms with Crippen molar-refractivity contribution >= 4 is 34.6 Å². The number of halogens is 4. The van der Waals surface area contributed by atoms with E-state index >= 15 is 0 Å². The summed E-state index contributed by atoms with van der Waals surface area (Å²) in [6.07, 6.45) is 0. The number of aliphatic imine (C=N–C) groups is 1. The summed E-state index contributed by atoms with van der Waals surface area (Å²) in [6.45, 7) is 0.673. The SMILES string of the molecule is NN1CCN=C(c2c(F)cccc2F)c2c1ccc(Cl)c2Cl. The van der Waals surface area contributed by atoms with Crippen LogP contribution in [0.5, 0.6) is 0 Å². The lowest BCUT2D eigenvalue weighted by atomic mass is 9.99. The maximum Gasteiger partial charge on any atom is 0.135 e. The van der Waals surface area contributed by atoms with E-state index in [-0.39, 0.29) is 27.9 Å². The van der Waals surface area contributed by atoms with E-state index in [2.05, 4.69) is 4.99 Å². The minimum atomic E-state index is -0.716. The summed E-state index contributed by atoms with van der Waals surface area (Å²) in [5, 5.41) is 1.87. The van der Waals surface area contributed by atoms with Gasteiger partial charge in [-0.3, -0.25) is 4.99 Å². The maximum atomic E-state index is 14.1. The van der Waals surface area contributed by atoms with E-state index in [9.17, 15) is 8.78 Å². The first-order valence-corrected chi connectivity index (χ1v) is 7.25. The highest BCUT2D eigenvalue weighted by molar-refractivity contribution is 6.45. The van der Waals surface area contributed by atoms with Crippen LogP contribution < -0.4 is 10.9 Å². The van der Waals surface area contributed by atoms with Gasteiger partial charge in [0.25, 0.3) is 0 Å². The molecular formula is C15H11Cl2F2N3. The molecule has 2 aromatic carbocycles. The van der Waals surface area contributed by atoms with E-state index in [4.69, 9.17) is 29.0 Å². The summed E-state index contributed by atoms with van der Waals surface area (Å²) in [6, 6.07) is 6.88. The Morgan fingerprint density at radius 3 is 2.41 bits per heavy atom. The van der Waals surface area contributed by atoms with Gasteiger partial charge >= 0.3 is 0 Å². The average molecular weight is 342 g/mol. The Bertz CT molecular complexity index is 757. The van der Waals surface area contributed by atoms with E-state index in [1.54, 1.807) is 12.1 Å². The lowest BCUT2D eigenvalue weighted by molar-refractivity contribution is 0.579. The van der Waals surface area contributed by atoms with E-state index in [1.807, 2.05) is 0 Å². The van der Waals surface area contributed by atoms with Crippen LogP contribution in [-0.2, 0) is 0 Å². The van der Waals surface area contributed by atoms with Crippen molar-refractivity contribution < 1.29 is 8.78 Å². The number of nitrogens with zero attached hydrogens (tertiary/aromatic N) is 2. The normalized spacial score (nSPS) is 14.4. The van der Waals surface area contributed by atoms with Gasteiger partial charge in [-0.25, -0.2) is 14.6 Å². The fourth-order valence-electron chi connectivity index (χ4n) is 2.40. The Labute approximate surface area is 135 Å². The molecular weight excluding hydrogens is 331 g/mol. The number of nitrogens with two attached hydrogens (primary N) is 1. The first-order valence-electron chi connectivity index (χ1n) is 6.50. The molecule has 1 aliphatic rings. The van der Waals surface area contributed by atoms with Crippen LogP contribution in [0.2, 0.25) is 10.0 Å². The third-order valence-electron chi connectivity index (χ3n) is 3.43. The van der Waals surface area contributed by atoms with Gasteiger partial charge in [-0.05, 0) is 24.3 Å². The number of fused-ring (bicyclic) bond motifs is 1. The molecule has 0 radical (unpaired) electrons. The summed E-state index contributed by atoms with van der Waals surface area (Å²) < 4.78 is 28.3. The molecule has 22 heavy (non-hydrogen) atoms. The van der Waals surface area contributed by atoms with Crippen LogP contribution in [-0.4, -0.2) is 18.8 Å². The van der Waals surface area contributed by atoms with E-state index in [0.717, 1.165) is 0 Å². The van der Waals surface area contributed by atoms with Crippen molar-refractivity contribution in [3.05, 3.63) is 63.1 Å². The quantitative estimate of drug-likeness (QED) is 0.801. The molecule has 0 spiro atoms. The van der Waals surface area contributed by atoms with Crippen LogP contribution in [0.4, 0.5) is 14.5 Å². The second-order valence-electron chi connectivity index (χ2n) is 4.78. The molecule has 0 aliphatic carbocycles. The summed E-state index contributed by atoms with van der Waals surface area (Å²) in [5.74, 6) is 4.52. The zero-order chi connectivity index (χ0) is 15.9. The molecule has 0 unspecified atom stereocenters. The highest BCUT2D eigenvalue weighted by atomic mass is 35.5. The van der Waals surface area contributed by atoms with Crippen molar-refractivity contribution in [2.75, 3.05) is 18.1 Å². The minimum Gasteiger partial charge on any atom is -0.308 e. The van der Waals surface area contributed by atoms with Crippen LogP contribution in [0, 0.1) is 11.6 Å². The Kier molecular flexibility index (Phi) is 4.04. The van der Waals surface area contributed by atoms with Gasteiger partial charge in [0.15, 0.2) is 0 Å². The third-order valence-corrected chi connectivity index (χ3v) is 4.23. The van der Waals surface area contributed by atoms with Crippen molar-refractivity contribution in [1.82, 2.24) is 0 Å². The molecule has 7 heteroatoms. The lowest BCUT2D eigenvalue weighted by Gasteiger charge is -2.20. The van der Waals surface area contributed by atoms with Crippen molar-refractivity contribution in [2.24, 2.45) is 10.8 Å². The summed E-state index contributed by atoms with van der Waals surface area (Å²) >= 11 is 12.3. The fraction of sp³-hybridized carbons (Fsp3) is 0.133. The van der Waals surface area contributed by atoms with Gasteiger partial charge in [0.1, 0.15) is 11.6 Å². The Morgan fingerprint density at radius 1 is 1.05 bits per heavy atom. The predicted molar refractivity (Wildman–Crippen MR) is 84.9 cm³/mol. The molecule has 3 rings (SSSR count). The molecule has 0 amide bonds. The van der Waals surface area contributed by atoms with Crippen molar-refractivity contribution in [3.63, 3.8) is 0 Å². The topological polar surface area (TPSA) is 41.6 Å². The molecule has 3 nitrogen and oxygen atoms in total. The number of hydrogen-bond acceptors (Lipinski definition) is 3. The predicted octanol–water partition coefficient (Wildman–Crippen LogP) is 3.80. The van der Waals surface area contributed by atoms with Gasteiger partial charge in [0.05, 0.1) is 40.1 Å². The fourth-order valence-corrected chi connectivity index (χ4v) is 2.81. The highest BCUT2D eigenvalue weighted by Crippen LogP contribution is 2.36. The molecule has 2 aromatic rings. The first-order chi connectivity index (χ1) is 10.5. The van der Waals surface area contributed by atoms with Crippen molar-refractivity contribution in [1.29, 1.82) is 0 Å². The summed E-state index contributed by atoms with van der Waals surface area (Å²) in [4.78, 5) is 4.28. The zero-order valence-corrected chi connectivity index (χ0v) is 12.8. The molecule has 1 heterocycles. The Morgan fingerprint density at radius 2 is 1.73 bits per heavy atom. The van der Waals surface area contributed by atoms with Crippen LogP contribution in [0.15, 0.2) is 35.3 Å².